The molecule has 1 aromatic carbocycles. The number of aromatic hydroxyl groups is 1. The molecule has 9 heteroatoms. The first-order valence-electron chi connectivity index (χ1n) is 5.54. The van der Waals surface area contributed by atoms with E-state index < -0.39 is 20.7 Å². The summed E-state index contributed by atoms with van der Waals surface area (Å²) in [5, 5.41) is 9.70. The van der Waals surface area contributed by atoms with Gasteiger partial charge in [0.05, 0.1) is 24.0 Å². The molecule has 0 aliphatic heterocycles. The van der Waals surface area contributed by atoms with Gasteiger partial charge >= 0.3 is 0 Å². The van der Waals surface area contributed by atoms with Crippen molar-refractivity contribution in [2.45, 2.75) is 4.90 Å². The van der Waals surface area contributed by atoms with Crippen LogP contribution in [0.15, 0.2) is 35.4 Å². The van der Waals surface area contributed by atoms with E-state index in [-0.39, 0.29) is 15.7 Å². The second kappa shape index (κ2) is 5.97. The average Bonchev–Trinajstić information content (AvgIpc) is 2.43. The quantitative estimate of drug-likeness (QED) is 0.886. The number of hydrogen-bond acceptors (Lipinski definition) is 5. The Morgan fingerprint density at radius 2 is 2.00 bits per heavy atom. The van der Waals surface area contributed by atoms with Gasteiger partial charge < -0.3 is 9.84 Å². The molecule has 0 saturated carbocycles. The van der Waals surface area contributed by atoms with Crippen LogP contribution >= 0.6 is 23.2 Å². The number of nitrogens with zero attached hydrogens (tertiary/aromatic N) is 1. The van der Waals surface area contributed by atoms with E-state index in [1.165, 1.54) is 31.5 Å². The monoisotopic (exact) mass is 348 g/mol. The second-order valence-corrected chi connectivity index (χ2v) is 6.42. The zero-order valence-electron chi connectivity index (χ0n) is 10.7. The van der Waals surface area contributed by atoms with Crippen LogP contribution in [0.25, 0.3) is 0 Å². The predicted octanol–water partition coefficient (Wildman–Crippen LogP) is 2.90. The summed E-state index contributed by atoms with van der Waals surface area (Å²) in [7, 11) is -2.62. The molecular formula is C12H10Cl2N2O4S. The number of rotatable bonds is 4. The first-order valence-corrected chi connectivity index (χ1v) is 7.78. The van der Waals surface area contributed by atoms with Gasteiger partial charge in [-0.05, 0) is 18.2 Å². The fraction of sp³-hybridized carbons (Fsp3) is 0.0833. The van der Waals surface area contributed by atoms with E-state index >= 15 is 0 Å². The van der Waals surface area contributed by atoms with Crippen LogP contribution in [-0.4, -0.2) is 25.6 Å². The summed E-state index contributed by atoms with van der Waals surface area (Å²) in [6.45, 7) is 0. The molecule has 0 bridgehead atoms. The molecule has 1 aromatic heterocycles. The number of pyridine rings is 1. The predicted molar refractivity (Wildman–Crippen MR) is 79.7 cm³/mol. The topological polar surface area (TPSA) is 88.5 Å². The fourth-order valence-corrected chi connectivity index (χ4v) is 3.32. The lowest BCUT2D eigenvalue weighted by Crippen LogP contribution is -2.13. The molecule has 0 saturated heterocycles. The molecular weight excluding hydrogens is 339 g/mol. The van der Waals surface area contributed by atoms with E-state index in [1.807, 2.05) is 0 Å². The molecule has 0 aliphatic carbocycles. The maximum Gasteiger partial charge on any atom is 0.265 e. The Balaban J connectivity index is 2.38. The molecule has 21 heavy (non-hydrogen) atoms. The van der Waals surface area contributed by atoms with Crippen molar-refractivity contribution < 1.29 is 18.3 Å². The first kappa shape index (κ1) is 15.7. The highest BCUT2D eigenvalue weighted by molar-refractivity contribution is 7.92. The largest absolute Gasteiger partial charge is 0.505 e. The molecule has 2 N–H and O–H groups in total. The molecule has 1 heterocycles. The Morgan fingerprint density at radius 1 is 1.29 bits per heavy atom. The summed E-state index contributed by atoms with van der Waals surface area (Å²) >= 11 is 11.5. The van der Waals surface area contributed by atoms with Crippen molar-refractivity contribution in [2.24, 2.45) is 0 Å². The lowest BCUT2D eigenvalue weighted by molar-refractivity contribution is 0.398. The Kier molecular flexibility index (Phi) is 4.46. The molecule has 0 aliphatic rings. The molecule has 0 unspecified atom stereocenters. The third-order valence-corrected chi connectivity index (χ3v) is 4.38. The van der Waals surface area contributed by atoms with Gasteiger partial charge in [-0.3, -0.25) is 4.72 Å². The minimum atomic E-state index is -4.06. The van der Waals surface area contributed by atoms with Gasteiger partial charge in [-0.25, -0.2) is 13.4 Å². The molecule has 6 nitrogen and oxygen atoms in total. The summed E-state index contributed by atoms with van der Waals surface area (Å²) in [6, 6.07) is 5.30. The van der Waals surface area contributed by atoms with Crippen LogP contribution in [0.5, 0.6) is 11.6 Å². The maximum absolute atomic E-state index is 12.2. The van der Waals surface area contributed by atoms with E-state index in [0.717, 1.165) is 6.07 Å². The molecule has 0 radical (unpaired) electrons. The normalized spacial score (nSPS) is 11.2. The zero-order valence-corrected chi connectivity index (χ0v) is 13.0. The van der Waals surface area contributed by atoms with Gasteiger partial charge in [-0.1, -0.05) is 23.2 Å². The minimum absolute atomic E-state index is 0.0889. The van der Waals surface area contributed by atoms with Crippen LogP contribution in [0.1, 0.15) is 0 Å². The number of benzene rings is 1. The zero-order chi connectivity index (χ0) is 15.6. The Morgan fingerprint density at radius 3 is 2.57 bits per heavy atom. The van der Waals surface area contributed by atoms with Crippen LogP contribution in [0, 0.1) is 0 Å². The lowest BCUT2D eigenvalue weighted by atomic mass is 10.3. The van der Waals surface area contributed by atoms with Gasteiger partial charge in [0.1, 0.15) is 4.90 Å². The van der Waals surface area contributed by atoms with Crippen LogP contribution in [-0.2, 0) is 10.0 Å². The smallest absolute Gasteiger partial charge is 0.265 e. The van der Waals surface area contributed by atoms with Gasteiger partial charge in [0.2, 0.25) is 5.88 Å². The number of halogens is 2. The third kappa shape index (κ3) is 3.49. The van der Waals surface area contributed by atoms with Crippen LogP contribution in [0.3, 0.4) is 0 Å². The summed E-state index contributed by atoms with van der Waals surface area (Å²) in [6.07, 6.45) is 1.28. The molecule has 112 valence electrons. The number of anilines is 1. The summed E-state index contributed by atoms with van der Waals surface area (Å²) < 4.78 is 31.6. The second-order valence-electron chi connectivity index (χ2n) is 3.93. The summed E-state index contributed by atoms with van der Waals surface area (Å²) in [4.78, 5) is 3.45. The van der Waals surface area contributed by atoms with Crippen molar-refractivity contribution in [1.82, 2.24) is 4.98 Å². The van der Waals surface area contributed by atoms with Crippen molar-refractivity contribution in [2.75, 3.05) is 11.8 Å². The van der Waals surface area contributed by atoms with Crippen molar-refractivity contribution in [3.05, 3.63) is 40.5 Å². The molecule has 0 atom stereocenters. The molecule has 0 fully saturated rings. The van der Waals surface area contributed by atoms with Crippen LogP contribution < -0.4 is 9.46 Å². The highest BCUT2D eigenvalue weighted by Crippen LogP contribution is 2.34. The maximum atomic E-state index is 12.2. The third-order valence-electron chi connectivity index (χ3n) is 2.48. The number of methoxy groups -OCH3 is 1. The number of hydrogen-bond donors (Lipinski definition) is 2. The highest BCUT2D eigenvalue weighted by atomic mass is 35.5. The van der Waals surface area contributed by atoms with Crippen molar-refractivity contribution in [1.29, 1.82) is 0 Å². The van der Waals surface area contributed by atoms with E-state index in [2.05, 4.69) is 9.71 Å². The number of sulfonamides is 1. The van der Waals surface area contributed by atoms with Crippen molar-refractivity contribution in [3.63, 3.8) is 0 Å². The SMILES string of the molecule is COc1ccc(NS(=O)(=O)c2cc(Cl)cc(Cl)c2O)cn1. The van der Waals surface area contributed by atoms with Crippen molar-refractivity contribution in [3.8, 4) is 11.6 Å². The Hall–Kier alpha value is -1.70. The van der Waals surface area contributed by atoms with Crippen LogP contribution in [0.2, 0.25) is 10.0 Å². The fourth-order valence-electron chi connectivity index (χ4n) is 1.52. The number of aromatic nitrogens is 1. The summed E-state index contributed by atoms with van der Waals surface area (Å²) in [5.74, 6) is -0.235. The van der Waals surface area contributed by atoms with Crippen molar-refractivity contribution >= 4 is 38.9 Å². The van der Waals surface area contributed by atoms with E-state index in [9.17, 15) is 13.5 Å². The Bertz CT molecular complexity index is 764. The number of ether oxygens (including phenoxy) is 1. The van der Waals surface area contributed by atoms with Gasteiger partial charge in [0.15, 0.2) is 5.75 Å². The van der Waals surface area contributed by atoms with Gasteiger partial charge in [-0.2, -0.15) is 0 Å². The first-order chi connectivity index (χ1) is 9.83. The Labute approximate surface area is 131 Å². The number of nitrogens with one attached hydrogen (secondary N) is 1. The molecule has 2 rings (SSSR count). The van der Waals surface area contributed by atoms with E-state index in [4.69, 9.17) is 27.9 Å². The van der Waals surface area contributed by atoms with Crippen LogP contribution in [0.4, 0.5) is 5.69 Å². The molecule has 0 spiro atoms. The minimum Gasteiger partial charge on any atom is -0.505 e. The standard InChI is InChI=1S/C12H10Cl2N2O4S/c1-20-11-3-2-8(6-15-11)16-21(18,19)10-5-7(13)4-9(14)12(10)17/h2-6,16-17H,1H3. The van der Waals surface area contributed by atoms with Gasteiger partial charge in [-0.15, -0.1) is 0 Å². The molecule has 0 amide bonds. The number of phenols is 1. The molecule has 2 aromatic rings. The van der Waals surface area contributed by atoms with Gasteiger partial charge in [0.25, 0.3) is 10.0 Å². The van der Waals surface area contributed by atoms with E-state index in [0.29, 0.717) is 5.88 Å². The summed E-state index contributed by atoms with van der Waals surface area (Å²) in [5.41, 5.74) is 0.200. The van der Waals surface area contributed by atoms with E-state index in [1.54, 1.807) is 0 Å². The highest BCUT2D eigenvalue weighted by Gasteiger charge is 2.22. The average molecular weight is 349 g/mol. The number of phenolic OH excluding ortho intramolecular Hbond substituents is 1. The lowest BCUT2D eigenvalue weighted by Gasteiger charge is -2.11. The van der Waals surface area contributed by atoms with Gasteiger partial charge in [0, 0.05) is 11.1 Å².